The molecule has 0 saturated heterocycles. The summed E-state index contributed by atoms with van der Waals surface area (Å²) >= 11 is 0. The molecule has 0 aromatic rings. The minimum absolute atomic E-state index is 0.104. The van der Waals surface area contributed by atoms with Crippen molar-refractivity contribution in [3.63, 3.8) is 0 Å². The highest BCUT2D eigenvalue weighted by molar-refractivity contribution is 5.68. The monoisotopic (exact) mass is 382 g/mol. The number of alkyl halides is 3. The lowest BCUT2D eigenvalue weighted by Crippen LogP contribution is -2.50. The number of alkyl carbamates (subject to hydrolysis) is 2. The van der Waals surface area contributed by atoms with Gasteiger partial charge in [-0.15, -0.1) is 0 Å². The molecule has 0 heterocycles. The zero-order chi connectivity index (χ0) is 20.0. The summed E-state index contributed by atoms with van der Waals surface area (Å²) in [5, 5.41) is 5.38. The highest BCUT2D eigenvalue weighted by atomic mass is 19.4. The van der Waals surface area contributed by atoms with E-state index in [0.29, 0.717) is 19.4 Å². The molecule has 2 unspecified atom stereocenters. The van der Waals surface area contributed by atoms with Crippen LogP contribution in [0.1, 0.15) is 53.4 Å². The number of hydrogen-bond donors (Lipinski definition) is 2. The van der Waals surface area contributed by atoms with Crippen LogP contribution in [-0.4, -0.2) is 44.2 Å². The number of rotatable bonds is 6. The Morgan fingerprint density at radius 3 is 2.35 bits per heavy atom. The van der Waals surface area contributed by atoms with Gasteiger partial charge in [-0.25, -0.2) is 9.59 Å². The fourth-order valence-electron chi connectivity index (χ4n) is 3.81. The van der Waals surface area contributed by atoms with E-state index in [9.17, 15) is 22.8 Å². The Morgan fingerprint density at radius 2 is 1.77 bits per heavy atom. The van der Waals surface area contributed by atoms with E-state index >= 15 is 0 Å². The standard InChI is InChI=1S/C17H29F3N2O4/c1-5-25-13(23)21-11-16(4)9-12(8-15(2,3)10-16)22-14(24)26-7-6-17(18,19)20/h12H,5-11H2,1-4H3,(H,21,23)(H,22,24). The van der Waals surface area contributed by atoms with Crippen molar-refractivity contribution < 1.29 is 32.2 Å². The molecular formula is C17H29F3N2O4. The molecule has 2 atom stereocenters. The van der Waals surface area contributed by atoms with Crippen LogP contribution in [0, 0.1) is 10.8 Å². The van der Waals surface area contributed by atoms with E-state index in [2.05, 4.69) is 29.2 Å². The van der Waals surface area contributed by atoms with Crippen molar-refractivity contribution in [3.05, 3.63) is 0 Å². The molecule has 1 aliphatic rings. The first kappa shape index (κ1) is 22.4. The Hall–Kier alpha value is -1.67. The van der Waals surface area contributed by atoms with Crippen molar-refractivity contribution >= 4 is 12.2 Å². The molecule has 0 bridgehead atoms. The van der Waals surface area contributed by atoms with Gasteiger partial charge in [0.25, 0.3) is 0 Å². The lowest BCUT2D eigenvalue weighted by Gasteiger charge is -2.46. The average molecular weight is 382 g/mol. The maximum absolute atomic E-state index is 12.1. The van der Waals surface area contributed by atoms with Crippen molar-refractivity contribution in [1.29, 1.82) is 0 Å². The number of carbonyl (C=O) groups excluding carboxylic acids is 2. The Kier molecular flexibility index (Phi) is 7.58. The molecule has 0 aromatic carbocycles. The molecule has 152 valence electrons. The molecule has 1 aliphatic carbocycles. The molecule has 26 heavy (non-hydrogen) atoms. The van der Waals surface area contributed by atoms with Crippen molar-refractivity contribution in [2.24, 2.45) is 10.8 Å². The van der Waals surface area contributed by atoms with Crippen LogP contribution in [0.4, 0.5) is 22.8 Å². The van der Waals surface area contributed by atoms with Gasteiger partial charge in [-0.3, -0.25) is 0 Å². The van der Waals surface area contributed by atoms with Crippen LogP contribution in [0.15, 0.2) is 0 Å². The summed E-state index contributed by atoms with van der Waals surface area (Å²) in [5.74, 6) is 0. The Morgan fingerprint density at radius 1 is 1.12 bits per heavy atom. The number of hydrogen-bond acceptors (Lipinski definition) is 4. The largest absolute Gasteiger partial charge is 0.450 e. The highest BCUT2D eigenvalue weighted by Crippen LogP contribution is 2.45. The Labute approximate surface area is 152 Å². The first-order chi connectivity index (χ1) is 11.8. The number of amides is 2. The summed E-state index contributed by atoms with van der Waals surface area (Å²) in [7, 11) is 0. The normalized spacial score (nSPS) is 25.3. The fraction of sp³-hybridized carbons (Fsp3) is 0.882. The van der Waals surface area contributed by atoms with Crippen LogP contribution in [0.5, 0.6) is 0 Å². The van der Waals surface area contributed by atoms with Crippen LogP contribution in [-0.2, 0) is 9.47 Å². The van der Waals surface area contributed by atoms with E-state index in [1.165, 1.54) is 0 Å². The summed E-state index contributed by atoms with van der Waals surface area (Å²) in [4.78, 5) is 23.3. The maximum Gasteiger partial charge on any atom is 0.407 e. The highest BCUT2D eigenvalue weighted by Gasteiger charge is 2.42. The first-order valence-electron chi connectivity index (χ1n) is 8.75. The number of carbonyl (C=O) groups is 2. The van der Waals surface area contributed by atoms with Crippen LogP contribution < -0.4 is 10.6 Å². The van der Waals surface area contributed by atoms with E-state index in [4.69, 9.17) is 4.74 Å². The summed E-state index contributed by atoms with van der Waals surface area (Å²) in [6.45, 7) is 7.79. The molecule has 6 nitrogen and oxygen atoms in total. The maximum atomic E-state index is 12.1. The summed E-state index contributed by atoms with van der Waals surface area (Å²) in [5.41, 5.74) is -0.383. The quantitative estimate of drug-likeness (QED) is 0.728. The molecule has 0 aliphatic heterocycles. The second kappa shape index (κ2) is 8.81. The van der Waals surface area contributed by atoms with Crippen LogP contribution >= 0.6 is 0 Å². The lowest BCUT2D eigenvalue weighted by molar-refractivity contribution is -0.141. The van der Waals surface area contributed by atoms with Gasteiger partial charge < -0.3 is 20.1 Å². The third-order valence-electron chi connectivity index (χ3n) is 4.32. The third kappa shape index (κ3) is 8.62. The van der Waals surface area contributed by atoms with Crippen LogP contribution in [0.3, 0.4) is 0 Å². The molecule has 0 radical (unpaired) electrons. The summed E-state index contributed by atoms with van der Waals surface area (Å²) in [6.07, 6.45) is -4.78. The zero-order valence-corrected chi connectivity index (χ0v) is 15.8. The van der Waals surface area contributed by atoms with Gasteiger partial charge in [-0.2, -0.15) is 13.2 Å². The van der Waals surface area contributed by atoms with Gasteiger partial charge in [0.1, 0.15) is 6.61 Å². The van der Waals surface area contributed by atoms with Gasteiger partial charge in [0.05, 0.1) is 13.0 Å². The molecular weight excluding hydrogens is 353 g/mol. The smallest absolute Gasteiger partial charge is 0.407 e. The summed E-state index contributed by atoms with van der Waals surface area (Å²) in [6, 6.07) is -0.244. The Bertz CT molecular complexity index is 497. The Balaban J connectivity index is 2.57. The molecule has 2 N–H and O–H groups in total. The molecule has 1 saturated carbocycles. The minimum atomic E-state index is -4.36. The van der Waals surface area contributed by atoms with Crippen molar-refractivity contribution in [2.75, 3.05) is 19.8 Å². The topological polar surface area (TPSA) is 76.7 Å². The van der Waals surface area contributed by atoms with Gasteiger partial charge >= 0.3 is 18.4 Å². The number of ether oxygens (including phenoxy) is 2. The first-order valence-corrected chi connectivity index (χ1v) is 8.75. The van der Waals surface area contributed by atoms with Crippen molar-refractivity contribution in [3.8, 4) is 0 Å². The lowest BCUT2D eigenvalue weighted by atomic mass is 9.62. The van der Waals surface area contributed by atoms with Gasteiger partial charge in [-0.05, 0) is 37.0 Å². The van der Waals surface area contributed by atoms with E-state index in [1.54, 1.807) is 6.92 Å². The van der Waals surface area contributed by atoms with Crippen molar-refractivity contribution in [1.82, 2.24) is 10.6 Å². The van der Waals surface area contributed by atoms with E-state index < -0.39 is 31.4 Å². The number of halogens is 3. The SMILES string of the molecule is CCOC(=O)NCC1(C)CC(NC(=O)OCCC(F)(F)F)CC(C)(C)C1. The molecule has 0 spiro atoms. The second-order valence-electron chi connectivity index (χ2n) is 7.98. The second-order valence-corrected chi connectivity index (χ2v) is 7.98. The predicted octanol–water partition coefficient (Wildman–Crippen LogP) is 4.00. The van der Waals surface area contributed by atoms with E-state index in [-0.39, 0.29) is 23.5 Å². The minimum Gasteiger partial charge on any atom is -0.450 e. The van der Waals surface area contributed by atoms with Gasteiger partial charge in [-0.1, -0.05) is 20.8 Å². The molecule has 0 aromatic heterocycles. The third-order valence-corrected chi connectivity index (χ3v) is 4.32. The van der Waals surface area contributed by atoms with Gasteiger partial charge in [0.2, 0.25) is 0 Å². The predicted molar refractivity (Wildman–Crippen MR) is 89.7 cm³/mol. The average Bonchev–Trinajstić information content (AvgIpc) is 2.42. The molecule has 2 amide bonds. The zero-order valence-electron chi connectivity index (χ0n) is 15.8. The van der Waals surface area contributed by atoms with E-state index in [0.717, 1.165) is 6.42 Å². The van der Waals surface area contributed by atoms with E-state index in [1.807, 2.05) is 6.92 Å². The summed E-state index contributed by atoms with van der Waals surface area (Å²) < 4.78 is 45.8. The molecule has 9 heteroatoms. The van der Waals surface area contributed by atoms with Gasteiger partial charge in [0, 0.05) is 12.6 Å². The van der Waals surface area contributed by atoms with Crippen LogP contribution in [0.2, 0.25) is 0 Å². The van der Waals surface area contributed by atoms with Crippen LogP contribution in [0.25, 0.3) is 0 Å². The number of nitrogens with one attached hydrogen (secondary N) is 2. The molecule has 1 rings (SSSR count). The molecule has 1 fully saturated rings. The van der Waals surface area contributed by atoms with Crippen molar-refractivity contribution in [2.45, 2.75) is 65.6 Å². The fourth-order valence-corrected chi connectivity index (χ4v) is 3.81. The van der Waals surface area contributed by atoms with Gasteiger partial charge in [0.15, 0.2) is 0 Å².